The van der Waals surface area contributed by atoms with E-state index in [4.69, 9.17) is 14.2 Å². The van der Waals surface area contributed by atoms with E-state index in [1.165, 1.54) is 0 Å². The van der Waals surface area contributed by atoms with E-state index in [9.17, 15) is 0 Å². The van der Waals surface area contributed by atoms with E-state index in [1.54, 1.807) is 0 Å². The van der Waals surface area contributed by atoms with Gasteiger partial charge < -0.3 is 14.2 Å². The molecule has 0 aliphatic carbocycles. The molecule has 1 aliphatic rings. The third-order valence-electron chi connectivity index (χ3n) is 1.32. The van der Waals surface area contributed by atoms with E-state index >= 15 is 0 Å². The van der Waals surface area contributed by atoms with Gasteiger partial charge in [0.15, 0.2) is 6.29 Å². The molecule has 3 nitrogen and oxygen atoms in total. The van der Waals surface area contributed by atoms with Crippen LogP contribution in [0.4, 0.5) is 0 Å². The predicted octanol–water partition coefficient (Wildman–Crippen LogP) is 0.784. The Balaban J connectivity index is 1.89. The molecule has 0 aromatic carbocycles. The van der Waals surface area contributed by atoms with Gasteiger partial charge in [0.1, 0.15) is 6.10 Å². The van der Waals surface area contributed by atoms with Gasteiger partial charge in [0.25, 0.3) is 0 Å². The van der Waals surface area contributed by atoms with Crippen molar-refractivity contribution in [1.82, 2.24) is 0 Å². The summed E-state index contributed by atoms with van der Waals surface area (Å²) in [6, 6.07) is 0. The summed E-state index contributed by atoms with van der Waals surface area (Å²) in [5.41, 5.74) is 0. The Morgan fingerprint density at radius 2 is 2.30 bits per heavy atom. The second kappa shape index (κ2) is 3.91. The predicted molar refractivity (Wildman–Crippen MR) is 36.8 cm³/mol. The SMILES string of the molecule is CCOC(C)OC[C@H]1CO1. The standard InChI is InChI=1S/C7H14O3/c1-3-8-6(2)9-4-7-5-10-7/h6-7H,3-5H2,1-2H3/t6?,7-/m0/s1. The van der Waals surface area contributed by atoms with Crippen LogP contribution in [0.1, 0.15) is 13.8 Å². The highest BCUT2D eigenvalue weighted by atomic mass is 16.7. The van der Waals surface area contributed by atoms with Crippen molar-refractivity contribution in [2.75, 3.05) is 19.8 Å². The van der Waals surface area contributed by atoms with E-state index < -0.39 is 0 Å². The van der Waals surface area contributed by atoms with E-state index in [0.29, 0.717) is 19.3 Å². The summed E-state index contributed by atoms with van der Waals surface area (Å²) < 4.78 is 15.4. The van der Waals surface area contributed by atoms with Crippen molar-refractivity contribution in [2.24, 2.45) is 0 Å². The number of ether oxygens (including phenoxy) is 3. The van der Waals surface area contributed by atoms with Gasteiger partial charge in [0.05, 0.1) is 13.2 Å². The average Bonchev–Trinajstić information content (AvgIpc) is 2.67. The van der Waals surface area contributed by atoms with Crippen LogP contribution in [0, 0.1) is 0 Å². The maximum atomic E-state index is 5.26. The van der Waals surface area contributed by atoms with Gasteiger partial charge in [-0.05, 0) is 13.8 Å². The minimum atomic E-state index is -0.0887. The highest BCUT2D eigenvalue weighted by Crippen LogP contribution is 2.09. The summed E-state index contributed by atoms with van der Waals surface area (Å²) in [5, 5.41) is 0. The number of hydrogen-bond acceptors (Lipinski definition) is 3. The molecule has 0 saturated carbocycles. The molecule has 0 aromatic heterocycles. The highest BCUT2D eigenvalue weighted by Gasteiger charge is 2.23. The van der Waals surface area contributed by atoms with Gasteiger partial charge in [0.2, 0.25) is 0 Å². The van der Waals surface area contributed by atoms with Crippen LogP contribution < -0.4 is 0 Å². The molecule has 3 heteroatoms. The number of rotatable bonds is 5. The lowest BCUT2D eigenvalue weighted by molar-refractivity contribution is -0.129. The largest absolute Gasteiger partial charge is 0.371 e. The third-order valence-corrected chi connectivity index (χ3v) is 1.32. The van der Waals surface area contributed by atoms with Crippen LogP contribution in [0.2, 0.25) is 0 Å². The van der Waals surface area contributed by atoms with Crippen LogP contribution in [0.3, 0.4) is 0 Å². The summed E-state index contributed by atoms with van der Waals surface area (Å²) in [5.74, 6) is 0. The molecule has 2 atom stereocenters. The molecule has 0 spiro atoms. The molecular formula is C7H14O3. The van der Waals surface area contributed by atoms with Crippen LogP contribution in [-0.2, 0) is 14.2 Å². The first-order chi connectivity index (χ1) is 4.83. The first-order valence-corrected chi connectivity index (χ1v) is 3.67. The lowest BCUT2D eigenvalue weighted by Crippen LogP contribution is -2.15. The molecule has 0 radical (unpaired) electrons. The molecule has 1 fully saturated rings. The van der Waals surface area contributed by atoms with Gasteiger partial charge in [-0.3, -0.25) is 0 Å². The van der Waals surface area contributed by atoms with Crippen molar-refractivity contribution < 1.29 is 14.2 Å². The van der Waals surface area contributed by atoms with Crippen molar-refractivity contribution in [2.45, 2.75) is 26.2 Å². The molecule has 1 saturated heterocycles. The fourth-order valence-corrected chi connectivity index (χ4v) is 0.690. The van der Waals surface area contributed by atoms with Crippen LogP contribution in [0.5, 0.6) is 0 Å². The van der Waals surface area contributed by atoms with Crippen LogP contribution in [-0.4, -0.2) is 32.2 Å². The molecule has 10 heavy (non-hydrogen) atoms. The van der Waals surface area contributed by atoms with Crippen molar-refractivity contribution in [1.29, 1.82) is 0 Å². The quantitative estimate of drug-likeness (QED) is 0.424. The molecule has 0 aromatic rings. The average molecular weight is 146 g/mol. The fourth-order valence-electron chi connectivity index (χ4n) is 0.690. The lowest BCUT2D eigenvalue weighted by Gasteiger charge is -2.10. The summed E-state index contributed by atoms with van der Waals surface area (Å²) in [6.07, 6.45) is 0.247. The maximum Gasteiger partial charge on any atom is 0.154 e. The lowest BCUT2D eigenvalue weighted by atomic mass is 10.5. The first-order valence-electron chi connectivity index (χ1n) is 3.67. The summed E-state index contributed by atoms with van der Waals surface area (Å²) in [6.45, 7) is 6.06. The van der Waals surface area contributed by atoms with Crippen LogP contribution >= 0.6 is 0 Å². The Hall–Kier alpha value is -0.120. The smallest absolute Gasteiger partial charge is 0.154 e. The number of epoxide rings is 1. The molecular weight excluding hydrogens is 132 g/mol. The molecule has 1 rings (SSSR count). The van der Waals surface area contributed by atoms with Gasteiger partial charge in [-0.1, -0.05) is 0 Å². The Bertz CT molecular complexity index is 90.9. The molecule has 1 heterocycles. The van der Waals surface area contributed by atoms with Crippen LogP contribution in [0.15, 0.2) is 0 Å². The van der Waals surface area contributed by atoms with Crippen molar-refractivity contribution in [3.63, 3.8) is 0 Å². The van der Waals surface area contributed by atoms with Gasteiger partial charge in [-0.25, -0.2) is 0 Å². The molecule has 0 N–H and O–H groups in total. The maximum absolute atomic E-state index is 5.26. The monoisotopic (exact) mass is 146 g/mol. The second-order valence-corrected chi connectivity index (χ2v) is 2.31. The summed E-state index contributed by atoms with van der Waals surface area (Å²) >= 11 is 0. The van der Waals surface area contributed by atoms with E-state index in [2.05, 4.69) is 0 Å². The van der Waals surface area contributed by atoms with Gasteiger partial charge >= 0.3 is 0 Å². The highest BCUT2D eigenvalue weighted by molar-refractivity contribution is 4.67. The van der Waals surface area contributed by atoms with E-state index in [-0.39, 0.29) is 6.29 Å². The third kappa shape index (κ3) is 3.15. The zero-order valence-electron chi connectivity index (χ0n) is 6.50. The second-order valence-electron chi connectivity index (χ2n) is 2.31. The molecule has 0 amide bonds. The fraction of sp³-hybridized carbons (Fsp3) is 1.00. The normalized spacial score (nSPS) is 26.4. The molecule has 1 unspecified atom stereocenters. The zero-order valence-corrected chi connectivity index (χ0v) is 6.50. The first kappa shape index (κ1) is 7.98. The summed E-state index contributed by atoms with van der Waals surface area (Å²) in [7, 11) is 0. The number of hydrogen-bond donors (Lipinski definition) is 0. The van der Waals surface area contributed by atoms with Crippen LogP contribution in [0.25, 0.3) is 0 Å². The van der Waals surface area contributed by atoms with Crippen molar-refractivity contribution in [3.8, 4) is 0 Å². The molecule has 0 bridgehead atoms. The minimum Gasteiger partial charge on any atom is -0.371 e. The Labute approximate surface area is 61.3 Å². The zero-order chi connectivity index (χ0) is 7.40. The molecule has 60 valence electrons. The van der Waals surface area contributed by atoms with E-state index in [1.807, 2.05) is 13.8 Å². The van der Waals surface area contributed by atoms with Crippen molar-refractivity contribution in [3.05, 3.63) is 0 Å². The molecule has 1 aliphatic heterocycles. The van der Waals surface area contributed by atoms with Crippen molar-refractivity contribution >= 4 is 0 Å². The minimum absolute atomic E-state index is 0.0887. The Kier molecular flexibility index (Phi) is 3.12. The van der Waals surface area contributed by atoms with Gasteiger partial charge in [0, 0.05) is 6.61 Å². The van der Waals surface area contributed by atoms with Gasteiger partial charge in [-0.2, -0.15) is 0 Å². The van der Waals surface area contributed by atoms with E-state index in [0.717, 1.165) is 6.61 Å². The topological polar surface area (TPSA) is 31.0 Å². The Morgan fingerprint density at radius 3 is 2.80 bits per heavy atom. The summed E-state index contributed by atoms with van der Waals surface area (Å²) in [4.78, 5) is 0. The Morgan fingerprint density at radius 1 is 1.60 bits per heavy atom. The van der Waals surface area contributed by atoms with Gasteiger partial charge in [-0.15, -0.1) is 0 Å².